The Labute approximate surface area is 160 Å². The summed E-state index contributed by atoms with van der Waals surface area (Å²) < 4.78 is 9.90. The fraction of sp³-hybridized carbons (Fsp3) is 0.889. The van der Waals surface area contributed by atoms with Crippen molar-refractivity contribution in [3.05, 3.63) is 0 Å². The van der Waals surface area contributed by atoms with Crippen LogP contribution in [-0.4, -0.2) is 81.2 Å². The zero-order valence-electron chi connectivity index (χ0n) is 16.6. The largest absolute Gasteiger partial charge is 0.393 e. The third kappa shape index (κ3) is 19.6. The van der Waals surface area contributed by atoms with Crippen LogP contribution in [0, 0.1) is 0 Å². The van der Waals surface area contributed by atoms with E-state index < -0.39 is 18.7 Å². The number of hydrogen-bond acceptors (Lipinski definition) is 9. The summed E-state index contributed by atoms with van der Waals surface area (Å²) in [6, 6.07) is 0. The topological polar surface area (TPSA) is 154 Å². The maximum atomic E-state index is 9.46. The number of carbonyl (C=O) groups is 2. The number of carbonyl (C=O) groups excluding carboxylic acids is 2. The van der Waals surface area contributed by atoms with Gasteiger partial charge in [0.15, 0.2) is 12.6 Å². The van der Waals surface area contributed by atoms with E-state index in [1.54, 1.807) is 6.92 Å². The predicted molar refractivity (Wildman–Crippen MR) is 97.7 cm³/mol. The molecule has 27 heavy (non-hydrogen) atoms. The number of ether oxygens (including phenoxy) is 2. The van der Waals surface area contributed by atoms with Gasteiger partial charge in [-0.3, -0.25) is 0 Å². The van der Waals surface area contributed by atoms with Gasteiger partial charge in [-0.1, -0.05) is 0 Å². The maximum Gasteiger partial charge on any atom is 0.157 e. The molecule has 7 atom stereocenters. The first-order valence-electron chi connectivity index (χ1n) is 9.10. The van der Waals surface area contributed by atoms with Crippen molar-refractivity contribution in [2.75, 3.05) is 0 Å². The molecule has 0 aromatic heterocycles. The summed E-state index contributed by atoms with van der Waals surface area (Å²) in [6.45, 7) is 6.70. The van der Waals surface area contributed by atoms with Crippen LogP contribution in [-0.2, 0) is 19.1 Å². The summed E-state index contributed by atoms with van der Waals surface area (Å²) in [5.74, 6) is 0. The van der Waals surface area contributed by atoms with Crippen LogP contribution in [0.5, 0.6) is 0 Å². The first-order valence-corrected chi connectivity index (χ1v) is 9.10. The van der Waals surface area contributed by atoms with E-state index in [9.17, 15) is 4.79 Å². The molecular weight excluding hydrogens is 360 g/mol. The molecule has 0 radical (unpaired) electrons. The van der Waals surface area contributed by atoms with Crippen LogP contribution in [0.4, 0.5) is 0 Å². The highest BCUT2D eigenvalue weighted by Crippen LogP contribution is 2.17. The van der Waals surface area contributed by atoms with Gasteiger partial charge in [0, 0.05) is 19.3 Å². The van der Waals surface area contributed by atoms with E-state index >= 15 is 0 Å². The molecule has 2 aliphatic rings. The Balaban J connectivity index is 0. The lowest BCUT2D eigenvalue weighted by molar-refractivity contribution is -0.184. The van der Waals surface area contributed by atoms with Crippen LogP contribution >= 0.6 is 0 Å². The van der Waals surface area contributed by atoms with Crippen LogP contribution in [0.25, 0.3) is 0 Å². The minimum atomic E-state index is -0.760. The lowest BCUT2D eigenvalue weighted by Crippen LogP contribution is -2.33. The monoisotopic (exact) mass is 396 g/mol. The molecule has 0 saturated carbocycles. The molecule has 0 aromatic carbocycles. The molecule has 0 aliphatic carbocycles. The number of aldehydes is 2. The molecule has 2 rings (SSSR count). The highest BCUT2D eigenvalue weighted by atomic mass is 16.6. The van der Waals surface area contributed by atoms with E-state index in [0.717, 1.165) is 6.29 Å². The van der Waals surface area contributed by atoms with Gasteiger partial charge in [-0.15, -0.1) is 0 Å². The van der Waals surface area contributed by atoms with Crippen molar-refractivity contribution in [3.8, 4) is 0 Å². The van der Waals surface area contributed by atoms with Gasteiger partial charge in [0.05, 0.1) is 30.5 Å². The van der Waals surface area contributed by atoms with E-state index in [-0.39, 0.29) is 30.8 Å². The molecule has 2 fully saturated rings. The third-order valence-electron chi connectivity index (χ3n) is 3.37. The van der Waals surface area contributed by atoms with Gasteiger partial charge in [-0.05, 0) is 40.5 Å². The molecule has 5 N–H and O–H groups in total. The number of rotatable bonds is 2. The minimum absolute atomic E-state index is 0.0104. The molecule has 0 amide bonds. The van der Waals surface area contributed by atoms with E-state index in [1.807, 2.05) is 13.8 Å². The summed E-state index contributed by atoms with van der Waals surface area (Å²) in [6.07, 6.45) is 0.892. The highest BCUT2D eigenvalue weighted by molar-refractivity contribution is 5.49. The Kier molecular flexibility index (Phi) is 18.0. The molecule has 9 nitrogen and oxygen atoms in total. The smallest absolute Gasteiger partial charge is 0.157 e. The molecule has 0 bridgehead atoms. The second-order valence-corrected chi connectivity index (χ2v) is 6.54. The lowest BCUT2D eigenvalue weighted by atomic mass is 10.1. The van der Waals surface area contributed by atoms with Crippen LogP contribution in [0.3, 0.4) is 0 Å². The SMILES string of the molecule is CC1C[C@H](O)C[C@@H](O)O1.CC1C[C@H](O)C[C@H](O)O1.CC=O.C[C@@H](O)CC=O. The van der Waals surface area contributed by atoms with E-state index in [1.165, 1.54) is 6.92 Å². The Morgan fingerprint density at radius 2 is 1.22 bits per heavy atom. The zero-order valence-corrected chi connectivity index (χ0v) is 16.6. The van der Waals surface area contributed by atoms with Crippen LogP contribution < -0.4 is 0 Å². The maximum absolute atomic E-state index is 9.46. The molecule has 2 saturated heterocycles. The lowest BCUT2D eigenvalue weighted by Gasteiger charge is -2.27. The van der Waals surface area contributed by atoms with Crippen molar-refractivity contribution in [2.45, 2.75) is 103 Å². The minimum Gasteiger partial charge on any atom is -0.393 e. The fourth-order valence-corrected chi connectivity index (χ4v) is 2.32. The van der Waals surface area contributed by atoms with Crippen molar-refractivity contribution in [1.29, 1.82) is 0 Å². The van der Waals surface area contributed by atoms with Crippen molar-refractivity contribution in [3.63, 3.8) is 0 Å². The third-order valence-corrected chi connectivity index (χ3v) is 3.37. The van der Waals surface area contributed by atoms with Crippen molar-refractivity contribution < 1.29 is 44.6 Å². The average Bonchev–Trinajstić information content (AvgIpc) is 2.45. The Bertz CT molecular complexity index is 291. The Morgan fingerprint density at radius 3 is 1.37 bits per heavy atom. The highest BCUT2D eigenvalue weighted by Gasteiger charge is 2.24. The van der Waals surface area contributed by atoms with Gasteiger partial charge in [0.2, 0.25) is 0 Å². The first-order chi connectivity index (χ1) is 12.5. The summed E-state index contributed by atoms with van der Waals surface area (Å²) >= 11 is 0. The molecule has 2 aliphatic heterocycles. The van der Waals surface area contributed by atoms with Crippen molar-refractivity contribution in [1.82, 2.24) is 0 Å². The molecule has 0 spiro atoms. The summed E-state index contributed by atoms with van der Waals surface area (Å²) in [5.41, 5.74) is 0. The number of hydrogen-bond donors (Lipinski definition) is 5. The average molecular weight is 396 g/mol. The van der Waals surface area contributed by atoms with Gasteiger partial charge in [0.1, 0.15) is 12.6 Å². The number of aliphatic hydroxyl groups excluding tert-OH is 5. The van der Waals surface area contributed by atoms with Gasteiger partial charge in [-0.2, -0.15) is 0 Å². The molecule has 9 heteroatoms. The van der Waals surface area contributed by atoms with Gasteiger partial charge in [0.25, 0.3) is 0 Å². The van der Waals surface area contributed by atoms with Gasteiger partial charge >= 0.3 is 0 Å². The standard InChI is InChI=1S/2C6H12O3.C4H8O2.C2H4O/c2*1-4-2-5(7)3-6(8)9-4;1-4(6)2-3-5;1-2-3/h2*4-8H,2-3H2,1H3;3-4,6H,2H2,1H3;2H,1H3/t4?,5-,6+;4?,5-,6-;4-;/m001./s1. The van der Waals surface area contributed by atoms with Gasteiger partial charge in [-0.25, -0.2) is 0 Å². The van der Waals surface area contributed by atoms with Crippen LogP contribution in [0.2, 0.25) is 0 Å². The van der Waals surface area contributed by atoms with E-state index in [0.29, 0.717) is 32.0 Å². The fourth-order valence-electron chi connectivity index (χ4n) is 2.32. The molecule has 2 unspecified atom stereocenters. The van der Waals surface area contributed by atoms with Crippen molar-refractivity contribution in [2.24, 2.45) is 0 Å². The Hall–Kier alpha value is -0.940. The van der Waals surface area contributed by atoms with Gasteiger partial charge < -0.3 is 44.6 Å². The summed E-state index contributed by atoms with van der Waals surface area (Å²) in [4.78, 5) is 18.3. The molecule has 0 aromatic rings. The van der Waals surface area contributed by atoms with E-state index in [4.69, 9.17) is 39.8 Å². The van der Waals surface area contributed by atoms with Crippen molar-refractivity contribution >= 4 is 12.6 Å². The molecule has 2 heterocycles. The predicted octanol–water partition coefficient (Wildman–Crippen LogP) is -0.109. The molecular formula is C18H36O9. The zero-order chi connectivity index (χ0) is 21.4. The number of aliphatic hydroxyl groups is 5. The van der Waals surface area contributed by atoms with E-state index in [2.05, 4.69) is 0 Å². The first kappa shape index (κ1) is 28.3. The molecule has 162 valence electrons. The Morgan fingerprint density at radius 1 is 0.889 bits per heavy atom. The van der Waals surface area contributed by atoms with Crippen LogP contribution in [0.1, 0.15) is 59.8 Å². The second kappa shape index (κ2) is 17.2. The summed E-state index contributed by atoms with van der Waals surface area (Å²) in [7, 11) is 0. The summed E-state index contributed by atoms with van der Waals surface area (Å²) in [5, 5.41) is 44.1. The quantitative estimate of drug-likeness (QED) is 0.402. The second-order valence-electron chi connectivity index (χ2n) is 6.54. The van der Waals surface area contributed by atoms with Crippen LogP contribution in [0.15, 0.2) is 0 Å². The normalized spacial score (nSPS) is 33.5.